The van der Waals surface area contributed by atoms with E-state index in [4.69, 9.17) is 14.5 Å². The van der Waals surface area contributed by atoms with E-state index in [0.717, 1.165) is 54.6 Å². The standard InChI is InChI=1S/C17H20N6O.C7H4F4O/c1-2-8-17(9-3-1,16-23-19-12-24-16)11-13-5-4-6-14(20-13)21-15-7-10-18-22-15;8-6-4(7(9,10)11)2-1-3-5(6)12/h4-7,10,12H,1-3,8-9,11H2,(H2,18,20,21,22);1-3,12H. The van der Waals surface area contributed by atoms with Gasteiger partial charge in [0.15, 0.2) is 11.6 Å². The average Bonchev–Trinajstić information content (AvgIpc) is 3.56. The zero-order valence-electron chi connectivity index (χ0n) is 19.1. The molecule has 1 aliphatic carbocycles. The van der Waals surface area contributed by atoms with Gasteiger partial charge in [0, 0.05) is 18.2 Å². The summed E-state index contributed by atoms with van der Waals surface area (Å²) in [5.74, 6) is -0.261. The zero-order valence-corrected chi connectivity index (χ0v) is 19.1. The molecule has 3 N–H and O–H groups in total. The van der Waals surface area contributed by atoms with Crippen molar-refractivity contribution in [3.63, 3.8) is 0 Å². The van der Waals surface area contributed by atoms with Crippen LogP contribution in [0.4, 0.5) is 29.2 Å². The summed E-state index contributed by atoms with van der Waals surface area (Å²) in [4.78, 5) is 4.75. The summed E-state index contributed by atoms with van der Waals surface area (Å²) < 4.78 is 53.7. The minimum absolute atomic E-state index is 0.0889. The van der Waals surface area contributed by atoms with Crippen molar-refractivity contribution in [1.82, 2.24) is 25.4 Å². The molecule has 0 amide bonds. The Hall–Kier alpha value is -3.96. The van der Waals surface area contributed by atoms with Gasteiger partial charge in [0.05, 0.1) is 17.2 Å². The number of aromatic nitrogens is 5. The highest BCUT2D eigenvalue weighted by Gasteiger charge is 2.39. The Morgan fingerprint density at radius 3 is 2.47 bits per heavy atom. The zero-order chi connectivity index (χ0) is 25.6. The number of aromatic amines is 1. The molecule has 36 heavy (non-hydrogen) atoms. The molecule has 12 heteroatoms. The molecule has 3 heterocycles. The fourth-order valence-electron chi connectivity index (χ4n) is 4.30. The van der Waals surface area contributed by atoms with Gasteiger partial charge in [0.2, 0.25) is 12.3 Å². The molecule has 1 aromatic carbocycles. The van der Waals surface area contributed by atoms with Gasteiger partial charge in [0.25, 0.3) is 0 Å². The fourth-order valence-corrected chi connectivity index (χ4v) is 4.30. The van der Waals surface area contributed by atoms with E-state index in [-0.39, 0.29) is 5.41 Å². The van der Waals surface area contributed by atoms with Crippen LogP contribution in [0.15, 0.2) is 59.5 Å². The van der Waals surface area contributed by atoms with E-state index in [1.54, 1.807) is 6.20 Å². The third kappa shape index (κ3) is 5.99. The molecule has 0 radical (unpaired) electrons. The first-order chi connectivity index (χ1) is 17.3. The summed E-state index contributed by atoms with van der Waals surface area (Å²) in [6.07, 6.45) is 4.96. The highest BCUT2D eigenvalue weighted by Crippen LogP contribution is 2.41. The minimum atomic E-state index is -4.76. The quantitative estimate of drug-likeness (QED) is 0.289. The number of benzene rings is 1. The number of aromatic hydroxyl groups is 1. The number of halogens is 4. The molecular weight excluding hydrogens is 480 g/mol. The first-order valence-corrected chi connectivity index (χ1v) is 11.3. The number of alkyl halides is 3. The van der Waals surface area contributed by atoms with E-state index < -0.39 is 23.3 Å². The van der Waals surface area contributed by atoms with Crippen LogP contribution in [0.3, 0.4) is 0 Å². The van der Waals surface area contributed by atoms with Gasteiger partial charge in [-0.2, -0.15) is 18.3 Å². The molecule has 0 atom stereocenters. The molecule has 0 unspecified atom stereocenters. The molecule has 1 saturated carbocycles. The Bertz CT molecular complexity index is 1240. The SMILES string of the molecule is Oc1cccc(C(F)(F)F)c1F.c1cc(CC2(c3nnco3)CCCCC2)nc(Nc2ccn[nH]2)c1. The maximum atomic E-state index is 12.5. The van der Waals surface area contributed by atoms with Gasteiger partial charge in [-0.1, -0.05) is 31.4 Å². The van der Waals surface area contributed by atoms with Crippen LogP contribution in [0.1, 0.15) is 49.3 Å². The third-order valence-electron chi connectivity index (χ3n) is 6.00. The van der Waals surface area contributed by atoms with Gasteiger partial charge >= 0.3 is 6.18 Å². The number of phenolic OH excluding ortho intramolecular Hbond substituents is 1. The molecule has 0 spiro atoms. The Kier molecular flexibility index (Phi) is 7.51. The lowest BCUT2D eigenvalue weighted by molar-refractivity contribution is -0.140. The predicted molar refractivity (Wildman–Crippen MR) is 122 cm³/mol. The van der Waals surface area contributed by atoms with Gasteiger partial charge in [-0.3, -0.25) is 5.10 Å². The van der Waals surface area contributed by atoms with Crippen LogP contribution in [-0.4, -0.2) is 30.5 Å². The van der Waals surface area contributed by atoms with Crippen molar-refractivity contribution in [3.8, 4) is 5.75 Å². The number of pyridine rings is 1. The Balaban J connectivity index is 0.000000214. The molecule has 1 aliphatic rings. The van der Waals surface area contributed by atoms with E-state index in [1.807, 2.05) is 18.2 Å². The number of nitrogens with one attached hydrogen (secondary N) is 2. The fraction of sp³-hybridized carbons (Fsp3) is 0.333. The summed E-state index contributed by atoms with van der Waals surface area (Å²) in [6, 6.07) is 10.2. The van der Waals surface area contributed by atoms with Crippen LogP contribution < -0.4 is 5.32 Å². The summed E-state index contributed by atoms with van der Waals surface area (Å²) in [5.41, 5.74) is -0.518. The van der Waals surface area contributed by atoms with Crippen molar-refractivity contribution in [2.45, 2.75) is 50.1 Å². The molecule has 4 aromatic rings. The smallest absolute Gasteiger partial charge is 0.419 e. The predicted octanol–water partition coefficient (Wildman–Crippen LogP) is 5.93. The van der Waals surface area contributed by atoms with E-state index >= 15 is 0 Å². The van der Waals surface area contributed by atoms with Crippen molar-refractivity contribution in [3.05, 3.63) is 78.0 Å². The lowest BCUT2D eigenvalue weighted by Gasteiger charge is -2.33. The Labute approximate surface area is 203 Å². The molecule has 190 valence electrons. The maximum Gasteiger partial charge on any atom is 0.419 e. The van der Waals surface area contributed by atoms with Crippen LogP contribution in [-0.2, 0) is 18.0 Å². The second-order valence-electron chi connectivity index (χ2n) is 8.51. The van der Waals surface area contributed by atoms with Gasteiger partial charge in [0.1, 0.15) is 11.6 Å². The molecular formula is C24H24F4N6O2. The first kappa shape index (κ1) is 25.1. The second kappa shape index (κ2) is 10.8. The van der Waals surface area contributed by atoms with Crippen LogP contribution in [0.2, 0.25) is 0 Å². The second-order valence-corrected chi connectivity index (χ2v) is 8.51. The van der Waals surface area contributed by atoms with E-state index in [1.165, 1.54) is 25.7 Å². The number of hydrogen-bond acceptors (Lipinski definition) is 7. The van der Waals surface area contributed by atoms with Gasteiger partial charge in [-0.05, 0) is 37.1 Å². The van der Waals surface area contributed by atoms with Crippen LogP contribution in [0.25, 0.3) is 0 Å². The molecule has 8 nitrogen and oxygen atoms in total. The lowest BCUT2D eigenvalue weighted by atomic mass is 9.71. The molecule has 3 aromatic heterocycles. The highest BCUT2D eigenvalue weighted by atomic mass is 19.4. The van der Waals surface area contributed by atoms with Crippen LogP contribution >= 0.6 is 0 Å². The van der Waals surface area contributed by atoms with Crippen LogP contribution in [0.5, 0.6) is 5.75 Å². The Morgan fingerprint density at radius 1 is 1.06 bits per heavy atom. The molecule has 0 aliphatic heterocycles. The minimum Gasteiger partial charge on any atom is -0.505 e. The lowest BCUT2D eigenvalue weighted by Crippen LogP contribution is -2.32. The molecule has 0 bridgehead atoms. The average molecular weight is 504 g/mol. The van der Waals surface area contributed by atoms with Gasteiger partial charge in [-0.25, -0.2) is 9.37 Å². The normalized spacial score (nSPS) is 15.1. The van der Waals surface area contributed by atoms with E-state index in [9.17, 15) is 17.6 Å². The monoisotopic (exact) mass is 504 g/mol. The maximum absolute atomic E-state index is 12.5. The number of rotatable bonds is 5. The number of hydrogen-bond donors (Lipinski definition) is 3. The van der Waals surface area contributed by atoms with Crippen molar-refractivity contribution in [2.75, 3.05) is 5.32 Å². The number of nitrogens with zero attached hydrogens (tertiary/aromatic N) is 4. The van der Waals surface area contributed by atoms with Crippen molar-refractivity contribution in [1.29, 1.82) is 0 Å². The van der Waals surface area contributed by atoms with Crippen molar-refractivity contribution >= 4 is 11.6 Å². The van der Waals surface area contributed by atoms with Gasteiger partial charge < -0.3 is 14.8 Å². The topological polar surface area (TPSA) is 113 Å². The number of phenols is 1. The number of anilines is 2. The summed E-state index contributed by atoms with van der Waals surface area (Å²) in [7, 11) is 0. The number of H-pyrrole nitrogens is 1. The molecule has 0 saturated heterocycles. The van der Waals surface area contributed by atoms with Crippen molar-refractivity contribution < 1.29 is 27.1 Å². The summed E-state index contributed by atoms with van der Waals surface area (Å²) in [6.45, 7) is 0. The molecule has 5 rings (SSSR count). The summed E-state index contributed by atoms with van der Waals surface area (Å²) in [5, 5.41) is 26.7. The Morgan fingerprint density at radius 2 is 1.83 bits per heavy atom. The van der Waals surface area contributed by atoms with E-state index in [0.29, 0.717) is 6.07 Å². The van der Waals surface area contributed by atoms with Crippen molar-refractivity contribution in [2.24, 2.45) is 0 Å². The van der Waals surface area contributed by atoms with Gasteiger partial charge in [-0.15, -0.1) is 10.2 Å². The molecule has 1 fully saturated rings. The summed E-state index contributed by atoms with van der Waals surface area (Å²) >= 11 is 0. The first-order valence-electron chi connectivity index (χ1n) is 11.3. The third-order valence-corrected chi connectivity index (χ3v) is 6.00. The van der Waals surface area contributed by atoms with E-state index in [2.05, 4.69) is 31.8 Å². The largest absolute Gasteiger partial charge is 0.505 e. The van der Waals surface area contributed by atoms with Crippen LogP contribution in [0, 0.1) is 5.82 Å². The highest BCUT2D eigenvalue weighted by molar-refractivity contribution is 5.50.